The van der Waals surface area contributed by atoms with Gasteiger partial charge in [-0.3, -0.25) is 0 Å². The molecule has 0 saturated heterocycles. The highest BCUT2D eigenvalue weighted by molar-refractivity contribution is 9.10. The molecule has 0 spiro atoms. The van der Waals surface area contributed by atoms with Gasteiger partial charge in [-0.2, -0.15) is 0 Å². The van der Waals surface area contributed by atoms with Crippen molar-refractivity contribution < 1.29 is 0 Å². The highest BCUT2D eigenvalue weighted by Crippen LogP contribution is 2.29. The van der Waals surface area contributed by atoms with Gasteiger partial charge in [0.1, 0.15) is 0 Å². The summed E-state index contributed by atoms with van der Waals surface area (Å²) in [5.74, 6) is 0.250. The van der Waals surface area contributed by atoms with Crippen LogP contribution in [0.25, 0.3) is 0 Å². The van der Waals surface area contributed by atoms with E-state index in [1.807, 2.05) is 18.6 Å². The number of rotatable bonds is 5. The van der Waals surface area contributed by atoms with Crippen molar-refractivity contribution in [2.24, 2.45) is 0 Å². The van der Waals surface area contributed by atoms with E-state index in [4.69, 9.17) is 0 Å². The highest BCUT2D eigenvalue weighted by atomic mass is 79.9. The van der Waals surface area contributed by atoms with Crippen LogP contribution in [-0.4, -0.2) is 9.55 Å². The predicted molar refractivity (Wildman–Crippen MR) is 98.5 cm³/mol. The van der Waals surface area contributed by atoms with Crippen molar-refractivity contribution in [2.75, 3.05) is 0 Å². The minimum Gasteiger partial charge on any atom is -0.330 e. The number of nitrogens with zero attached hydrogens (tertiary/aromatic N) is 2. The molecule has 117 valence electrons. The molecule has 2 aromatic carbocycles. The monoisotopic (exact) mass is 367 g/mol. The Kier molecular flexibility index (Phi) is 4.97. The summed E-state index contributed by atoms with van der Waals surface area (Å²) >= 11 is 3.56. The maximum atomic E-state index is 4.38. The maximum absolute atomic E-state index is 4.38. The van der Waals surface area contributed by atoms with Gasteiger partial charge in [-0.15, -0.1) is 0 Å². The van der Waals surface area contributed by atoms with Crippen molar-refractivity contribution in [3.05, 3.63) is 94.8 Å². The molecule has 1 unspecified atom stereocenters. The fourth-order valence-corrected chi connectivity index (χ4v) is 3.27. The number of benzene rings is 2. The van der Waals surface area contributed by atoms with E-state index in [9.17, 15) is 0 Å². The number of imidazole rings is 1. The van der Waals surface area contributed by atoms with Crippen LogP contribution in [0.3, 0.4) is 0 Å². The van der Waals surface area contributed by atoms with Crippen molar-refractivity contribution in [3.63, 3.8) is 0 Å². The molecule has 1 aromatic heterocycles. The van der Waals surface area contributed by atoms with E-state index in [0.717, 1.165) is 17.4 Å². The van der Waals surface area contributed by atoms with E-state index in [-0.39, 0.29) is 5.92 Å². The molecular formula is C20H20BrN2. The van der Waals surface area contributed by atoms with Crippen LogP contribution in [-0.2, 0) is 6.54 Å². The first-order valence-electron chi connectivity index (χ1n) is 7.77. The standard InChI is InChI=1S/C20H20BrN2/c1-3-19(17-5-4-6-18(21)11-17)20-12-22-14-23(20)13-16-9-7-15(2)8-10-16/h4-12,14,19H,1,3,13H2,2H3. The molecule has 1 radical (unpaired) electrons. The zero-order valence-corrected chi connectivity index (χ0v) is 14.8. The molecule has 1 atom stereocenters. The summed E-state index contributed by atoms with van der Waals surface area (Å²) in [7, 11) is 0. The number of aryl methyl sites for hydroxylation is 1. The number of hydrogen-bond donors (Lipinski definition) is 0. The zero-order chi connectivity index (χ0) is 16.2. The summed E-state index contributed by atoms with van der Waals surface area (Å²) in [6.07, 6.45) is 4.68. The fraction of sp³-hybridized carbons (Fsp3) is 0.200. The van der Waals surface area contributed by atoms with Crippen LogP contribution in [0.1, 0.15) is 34.7 Å². The van der Waals surface area contributed by atoms with E-state index in [2.05, 4.69) is 81.8 Å². The van der Waals surface area contributed by atoms with E-state index in [1.54, 1.807) is 0 Å². The minimum absolute atomic E-state index is 0.250. The molecule has 3 rings (SSSR count). The van der Waals surface area contributed by atoms with Crippen LogP contribution < -0.4 is 0 Å². The molecule has 0 saturated carbocycles. The Labute approximate surface area is 146 Å². The van der Waals surface area contributed by atoms with Gasteiger partial charge in [0.25, 0.3) is 0 Å². The topological polar surface area (TPSA) is 17.8 Å². The molecule has 0 amide bonds. The average molecular weight is 368 g/mol. The Balaban J connectivity index is 1.90. The minimum atomic E-state index is 0.250. The largest absolute Gasteiger partial charge is 0.330 e. The molecule has 3 aromatic rings. The molecule has 0 N–H and O–H groups in total. The van der Waals surface area contributed by atoms with Crippen molar-refractivity contribution in [2.45, 2.75) is 25.8 Å². The normalized spacial score (nSPS) is 12.3. The molecule has 2 nitrogen and oxygen atoms in total. The van der Waals surface area contributed by atoms with Crippen LogP contribution in [0.2, 0.25) is 0 Å². The summed E-state index contributed by atoms with van der Waals surface area (Å²) in [6, 6.07) is 17.1. The fourth-order valence-electron chi connectivity index (χ4n) is 2.85. The highest BCUT2D eigenvalue weighted by Gasteiger charge is 2.17. The number of hydrogen-bond acceptors (Lipinski definition) is 1. The lowest BCUT2D eigenvalue weighted by Crippen LogP contribution is -2.09. The van der Waals surface area contributed by atoms with E-state index < -0.39 is 0 Å². The third kappa shape index (κ3) is 3.73. The molecule has 23 heavy (non-hydrogen) atoms. The summed E-state index contributed by atoms with van der Waals surface area (Å²) in [5.41, 5.74) is 5.04. The molecule has 0 aliphatic heterocycles. The van der Waals surface area contributed by atoms with Gasteiger partial charge in [0.2, 0.25) is 0 Å². The van der Waals surface area contributed by atoms with Gasteiger partial charge in [-0.05, 0) is 36.6 Å². The number of halogens is 1. The molecule has 3 heteroatoms. The van der Waals surface area contributed by atoms with Crippen molar-refractivity contribution in [1.82, 2.24) is 9.55 Å². The van der Waals surface area contributed by atoms with Crippen LogP contribution in [0.5, 0.6) is 0 Å². The van der Waals surface area contributed by atoms with Gasteiger partial charge in [0.05, 0.1) is 6.33 Å². The Hall–Kier alpha value is -1.87. The summed E-state index contributed by atoms with van der Waals surface area (Å²) in [5, 5.41) is 0. The van der Waals surface area contributed by atoms with Crippen LogP contribution >= 0.6 is 15.9 Å². The van der Waals surface area contributed by atoms with Crippen molar-refractivity contribution in [1.29, 1.82) is 0 Å². The second kappa shape index (κ2) is 7.14. The second-order valence-corrected chi connectivity index (χ2v) is 6.74. The maximum Gasteiger partial charge on any atom is 0.0951 e. The van der Waals surface area contributed by atoms with Gasteiger partial charge in [0.15, 0.2) is 0 Å². The first kappa shape index (κ1) is 16.0. The molecule has 0 aliphatic carbocycles. The SMILES string of the molecule is [CH2]CC(c1cccc(Br)c1)c1cncn1Cc1ccc(C)cc1. The first-order valence-corrected chi connectivity index (χ1v) is 8.57. The molecule has 0 bridgehead atoms. The summed E-state index contributed by atoms with van der Waals surface area (Å²) in [4.78, 5) is 4.38. The number of aromatic nitrogens is 2. The van der Waals surface area contributed by atoms with Gasteiger partial charge >= 0.3 is 0 Å². The van der Waals surface area contributed by atoms with E-state index >= 15 is 0 Å². The van der Waals surface area contributed by atoms with E-state index in [1.165, 1.54) is 22.4 Å². The van der Waals surface area contributed by atoms with Gasteiger partial charge in [-0.1, -0.05) is 64.8 Å². The Morgan fingerprint density at radius 3 is 2.65 bits per heavy atom. The van der Waals surface area contributed by atoms with Gasteiger partial charge in [-0.25, -0.2) is 4.98 Å². The van der Waals surface area contributed by atoms with E-state index in [0.29, 0.717) is 0 Å². The average Bonchev–Trinajstić information content (AvgIpc) is 2.99. The molecule has 0 aliphatic rings. The summed E-state index contributed by atoms with van der Waals surface area (Å²) < 4.78 is 3.32. The molecule has 0 fully saturated rings. The van der Waals surface area contributed by atoms with Crippen molar-refractivity contribution in [3.8, 4) is 0 Å². The third-order valence-electron chi connectivity index (χ3n) is 4.11. The third-order valence-corrected chi connectivity index (χ3v) is 4.61. The molecular weight excluding hydrogens is 348 g/mol. The van der Waals surface area contributed by atoms with Crippen molar-refractivity contribution >= 4 is 15.9 Å². The lowest BCUT2D eigenvalue weighted by atomic mass is 9.93. The Morgan fingerprint density at radius 1 is 1.17 bits per heavy atom. The zero-order valence-electron chi connectivity index (χ0n) is 13.2. The van der Waals surface area contributed by atoms with Crippen LogP contribution in [0.15, 0.2) is 65.5 Å². The van der Waals surface area contributed by atoms with Gasteiger partial charge in [0, 0.05) is 28.8 Å². The van der Waals surface area contributed by atoms with Gasteiger partial charge < -0.3 is 4.57 Å². The van der Waals surface area contributed by atoms with Crippen LogP contribution in [0, 0.1) is 13.8 Å². The molecule has 1 heterocycles. The first-order chi connectivity index (χ1) is 11.2. The summed E-state index contributed by atoms with van der Waals surface area (Å²) in [6.45, 7) is 7.09. The predicted octanol–water partition coefficient (Wildman–Crippen LogP) is 5.36. The smallest absolute Gasteiger partial charge is 0.0951 e. The Bertz CT molecular complexity index is 774. The van der Waals surface area contributed by atoms with Crippen LogP contribution in [0.4, 0.5) is 0 Å². The lowest BCUT2D eigenvalue weighted by molar-refractivity contribution is 0.683. The quantitative estimate of drug-likeness (QED) is 0.593. The lowest BCUT2D eigenvalue weighted by Gasteiger charge is -2.18. The Morgan fingerprint density at radius 2 is 1.96 bits per heavy atom. The second-order valence-electron chi connectivity index (χ2n) is 5.83.